The zero-order valence-electron chi connectivity index (χ0n) is 7.00. The van der Waals surface area contributed by atoms with Gasteiger partial charge >= 0.3 is 0 Å². The highest BCUT2D eigenvalue weighted by Gasteiger charge is 2.26. The van der Waals surface area contributed by atoms with Gasteiger partial charge in [0.15, 0.2) is 4.47 Å². The van der Waals surface area contributed by atoms with Crippen molar-refractivity contribution in [1.82, 2.24) is 4.98 Å². The Bertz CT molecular complexity index is 260. The molecule has 0 fully saturated rings. The standard InChI is InChI=1S/C7H11ClN2OS/c1-7(4-9,11-2)5-3-10-6(8)12-5/h3H,4,9H2,1-2H3. The van der Waals surface area contributed by atoms with Crippen LogP contribution in [0.5, 0.6) is 0 Å². The molecule has 0 aliphatic carbocycles. The fourth-order valence-corrected chi connectivity index (χ4v) is 1.85. The molecular weight excluding hydrogens is 196 g/mol. The predicted molar refractivity (Wildman–Crippen MR) is 50.5 cm³/mol. The molecule has 1 rings (SSSR count). The monoisotopic (exact) mass is 206 g/mol. The van der Waals surface area contributed by atoms with E-state index in [1.54, 1.807) is 13.3 Å². The first-order valence-corrected chi connectivity index (χ1v) is 4.69. The van der Waals surface area contributed by atoms with Crippen molar-refractivity contribution >= 4 is 22.9 Å². The van der Waals surface area contributed by atoms with Crippen LogP contribution >= 0.6 is 22.9 Å². The topological polar surface area (TPSA) is 48.1 Å². The van der Waals surface area contributed by atoms with Crippen molar-refractivity contribution in [1.29, 1.82) is 0 Å². The van der Waals surface area contributed by atoms with E-state index in [9.17, 15) is 0 Å². The largest absolute Gasteiger partial charge is 0.372 e. The summed E-state index contributed by atoms with van der Waals surface area (Å²) < 4.78 is 5.79. The van der Waals surface area contributed by atoms with Crippen LogP contribution in [0.2, 0.25) is 4.47 Å². The zero-order valence-corrected chi connectivity index (χ0v) is 8.58. The van der Waals surface area contributed by atoms with Crippen LogP contribution in [-0.2, 0) is 10.3 Å². The van der Waals surface area contributed by atoms with E-state index in [2.05, 4.69) is 4.98 Å². The predicted octanol–water partition coefficient (Wildman–Crippen LogP) is 1.62. The van der Waals surface area contributed by atoms with Crippen molar-refractivity contribution in [3.05, 3.63) is 15.5 Å². The number of nitrogens with zero attached hydrogens (tertiary/aromatic N) is 1. The van der Waals surface area contributed by atoms with E-state index in [4.69, 9.17) is 22.1 Å². The maximum absolute atomic E-state index is 5.69. The van der Waals surface area contributed by atoms with Crippen LogP contribution in [0.25, 0.3) is 0 Å². The van der Waals surface area contributed by atoms with E-state index in [1.165, 1.54) is 11.3 Å². The molecule has 0 amide bonds. The molecule has 0 saturated carbocycles. The molecule has 12 heavy (non-hydrogen) atoms. The van der Waals surface area contributed by atoms with Gasteiger partial charge in [-0.25, -0.2) is 4.98 Å². The molecule has 0 saturated heterocycles. The molecule has 5 heteroatoms. The Labute approximate surface area is 80.5 Å². The lowest BCUT2D eigenvalue weighted by Crippen LogP contribution is -2.32. The van der Waals surface area contributed by atoms with E-state index in [-0.39, 0.29) is 0 Å². The number of thiazole rings is 1. The molecule has 1 aromatic rings. The minimum absolute atomic E-state index is 0.419. The fraction of sp³-hybridized carbons (Fsp3) is 0.571. The van der Waals surface area contributed by atoms with E-state index in [0.29, 0.717) is 11.0 Å². The van der Waals surface area contributed by atoms with Crippen molar-refractivity contribution in [2.75, 3.05) is 13.7 Å². The van der Waals surface area contributed by atoms with Gasteiger partial charge in [0.1, 0.15) is 5.60 Å². The molecule has 0 aliphatic rings. The zero-order chi connectivity index (χ0) is 9.19. The van der Waals surface area contributed by atoms with E-state index >= 15 is 0 Å². The van der Waals surface area contributed by atoms with Gasteiger partial charge in [-0.2, -0.15) is 0 Å². The van der Waals surface area contributed by atoms with Crippen LogP contribution in [0.15, 0.2) is 6.20 Å². The third-order valence-electron chi connectivity index (χ3n) is 1.84. The van der Waals surface area contributed by atoms with Crippen molar-refractivity contribution in [2.45, 2.75) is 12.5 Å². The van der Waals surface area contributed by atoms with Crippen molar-refractivity contribution in [3.8, 4) is 0 Å². The van der Waals surface area contributed by atoms with E-state index < -0.39 is 5.60 Å². The number of hydrogen-bond acceptors (Lipinski definition) is 4. The van der Waals surface area contributed by atoms with Gasteiger partial charge in [0.2, 0.25) is 0 Å². The fourth-order valence-electron chi connectivity index (χ4n) is 0.782. The van der Waals surface area contributed by atoms with Gasteiger partial charge in [0.05, 0.1) is 4.88 Å². The highest BCUT2D eigenvalue weighted by molar-refractivity contribution is 7.15. The Kier molecular flexibility index (Phi) is 3.06. The van der Waals surface area contributed by atoms with Crippen LogP contribution in [0.3, 0.4) is 0 Å². The molecular formula is C7H11ClN2OS. The first kappa shape index (κ1) is 9.92. The summed E-state index contributed by atoms with van der Waals surface area (Å²) in [5.41, 5.74) is 5.12. The third kappa shape index (κ3) is 1.77. The molecule has 0 bridgehead atoms. The molecule has 0 spiro atoms. The Morgan fingerprint density at radius 1 is 1.83 bits per heavy atom. The number of aromatic nitrogens is 1. The number of ether oxygens (including phenoxy) is 1. The van der Waals surface area contributed by atoms with Crippen LogP contribution in [0, 0.1) is 0 Å². The second kappa shape index (κ2) is 3.70. The summed E-state index contributed by atoms with van der Waals surface area (Å²) in [6, 6.07) is 0. The molecule has 2 N–H and O–H groups in total. The molecule has 1 unspecified atom stereocenters. The molecule has 1 atom stereocenters. The Morgan fingerprint density at radius 2 is 2.50 bits per heavy atom. The van der Waals surface area contributed by atoms with E-state index in [0.717, 1.165) is 4.88 Å². The number of hydrogen-bond donors (Lipinski definition) is 1. The molecule has 0 aliphatic heterocycles. The summed E-state index contributed by atoms with van der Waals surface area (Å²) in [7, 11) is 1.63. The van der Waals surface area contributed by atoms with Crippen molar-refractivity contribution < 1.29 is 4.74 Å². The molecule has 0 radical (unpaired) electrons. The lowest BCUT2D eigenvalue weighted by Gasteiger charge is -2.23. The molecule has 1 heterocycles. The highest BCUT2D eigenvalue weighted by Crippen LogP contribution is 2.30. The van der Waals surface area contributed by atoms with Gasteiger partial charge in [-0.3, -0.25) is 0 Å². The van der Waals surface area contributed by atoms with Crippen LogP contribution in [0.4, 0.5) is 0 Å². The summed E-state index contributed by atoms with van der Waals surface area (Å²) in [4.78, 5) is 4.88. The first-order chi connectivity index (χ1) is 5.62. The number of nitrogens with two attached hydrogens (primary N) is 1. The molecule has 3 nitrogen and oxygen atoms in total. The summed E-state index contributed by atoms with van der Waals surface area (Å²) in [5, 5.41) is 0. The van der Waals surface area contributed by atoms with Gasteiger partial charge in [-0.05, 0) is 6.92 Å². The Morgan fingerprint density at radius 3 is 2.83 bits per heavy atom. The van der Waals surface area contributed by atoms with Gasteiger partial charge in [-0.1, -0.05) is 11.6 Å². The van der Waals surface area contributed by atoms with Crippen molar-refractivity contribution in [2.24, 2.45) is 5.73 Å². The lowest BCUT2D eigenvalue weighted by molar-refractivity contribution is 0.0131. The second-order valence-corrected chi connectivity index (χ2v) is 4.23. The average molecular weight is 207 g/mol. The maximum atomic E-state index is 5.69. The highest BCUT2D eigenvalue weighted by atomic mass is 35.5. The quantitative estimate of drug-likeness (QED) is 0.818. The third-order valence-corrected chi connectivity index (χ3v) is 3.20. The van der Waals surface area contributed by atoms with Gasteiger partial charge < -0.3 is 10.5 Å². The molecule has 1 aromatic heterocycles. The van der Waals surface area contributed by atoms with Gasteiger partial charge in [0, 0.05) is 19.9 Å². The molecule has 0 aromatic carbocycles. The van der Waals surface area contributed by atoms with Crippen LogP contribution in [-0.4, -0.2) is 18.6 Å². The van der Waals surface area contributed by atoms with Gasteiger partial charge in [0.25, 0.3) is 0 Å². The van der Waals surface area contributed by atoms with Crippen molar-refractivity contribution in [3.63, 3.8) is 0 Å². The minimum atomic E-state index is -0.454. The van der Waals surface area contributed by atoms with Crippen LogP contribution < -0.4 is 5.73 Å². The lowest BCUT2D eigenvalue weighted by atomic mass is 10.1. The Hall–Kier alpha value is -0.160. The average Bonchev–Trinajstić information content (AvgIpc) is 2.51. The van der Waals surface area contributed by atoms with E-state index in [1.807, 2.05) is 6.92 Å². The Balaban J connectivity index is 2.94. The maximum Gasteiger partial charge on any atom is 0.183 e. The number of halogens is 1. The minimum Gasteiger partial charge on any atom is -0.372 e. The molecule has 68 valence electrons. The summed E-state index contributed by atoms with van der Waals surface area (Å²) in [5.74, 6) is 0. The summed E-state index contributed by atoms with van der Waals surface area (Å²) >= 11 is 7.08. The number of methoxy groups -OCH3 is 1. The normalized spacial score (nSPS) is 16.0. The smallest absolute Gasteiger partial charge is 0.183 e. The first-order valence-electron chi connectivity index (χ1n) is 3.49. The SMILES string of the molecule is COC(C)(CN)c1cnc(Cl)s1. The van der Waals surface area contributed by atoms with Gasteiger partial charge in [-0.15, -0.1) is 11.3 Å². The van der Waals surface area contributed by atoms with Crippen LogP contribution in [0.1, 0.15) is 11.8 Å². The summed E-state index contributed by atoms with van der Waals surface area (Å²) in [6.45, 7) is 2.33. The summed E-state index contributed by atoms with van der Waals surface area (Å²) in [6.07, 6.45) is 1.70. The number of rotatable bonds is 3. The second-order valence-electron chi connectivity index (χ2n) is 2.62.